The third kappa shape index (κ3) is 3.56. The smallest absolute Gasteiger partial charge is 0.261 e. The van der Waals surface area contributed by atoms with E-state index in [0.29, 0.717) is 5.75 Å². The molecule has 0 N–H and O–H groups in total. The molecular formula is C16H19BrN2O2. The van der Waals surface area contributed by atoms with Crippen molar-refractivity contribution in [3.05, 3.63) is 28.7 Å². The lowest BCUT2D eigenvalue weighted by atomic mass is 9.81. The van der Waals surface area contributed by atoms with Crippen molar-refractivity contribution in [2.45, 2.75) is 37.6 Å². The van der Waals surface area contributed by atoms with E-state index >= 15 is 0 Å². The van der Waals surface area contributed by atoms with Crippen LogP contribution in [0.5, 0.6) is 5.75 Å². The van der Waals surface area contributed by atoms with Gasteiger partial charge in [0.05, 0.1) is 10.5 Å². The fourth-order valence-corrected chi connectivity index (χ4v) is 3.09. The number of benzene rings is 1. The molecule has 0 aliphatic heterocycles. The summed E-state index contributed by atoms with van der Waals surface area (Å²) in [4.78, 5) is 13.9. The van der Waals surface area contributed by atoms with Crippen LogP contribution in [0.25, 0.3) is 0 Å². The SMILES string of the molecule is CN(C(=O)COc1ccccc1Br)C1(C#N)CCCCC1. The second kappa shape index (κ2) is 6.95. The van der Waals surface area contributed by atoms with E-state index < -0.39 is 5.54 Å². The van der Waals surface area contributed by atoms with E-state index in [2.05, 4.69) is 22.0 Å². The molecular weight excluding hydrogens is 332 g/mol. The van der Waals surface area contributed by atoms with Crippen LogP contribution in [0.4, 0.5) is 0 Å². The number of likely N-dealkylation sites (N-methyl/N-ethyl adjacent to an activating group) is 1. The maximum atomic E-state index is 12.3. The largest absolute Gasteiger partial charge is 0.483 e. The van der Waals surface area contributed by atoms with E-state index in [-0.39, 0.29) is 12.5 Å². The van der Waals surface area contributed by atoms with Crippen LogP contribution in [-0.2, 0) is 4.79 Å². The summed E-state index contributed by atoms with van der Waals surface area (Å²) in [5.41, 5.74) is -0.660. The highest BCUT2D eigenvalue weighted by Gasteiger charge is 2.38. The molecule has 1 fully saturated rings. The summed E-state index contributed by atoms with van der Waals surface area (Å²) < 4.78 is 6.37. The Morgan fingerprint density at radius 1 is 1.38 bits per heavy atom. The molecule has 0 bridgehead atoms. The number of carbonyl (C=O) groups is 1. The standard InChI is InChI=1S/C16H19BrN2O2/c1-19(16(12-18)9-5-2-6-10-16)15(20)11-21-14-8-4-3-7-13(14)17/h3-4,7-8H,2,5-6,9-11H2,1H3. The van der Waals surface area contributed by atoms with Crippen molar-refractivity contribution in [3.63, 3.8) is 0 Å². The van der Waals surface area contributed by atoms with Crippen molar-refractivity contribution in [3.8, 4) is 11.8 Å². The summed E-state index contributed by atoms with van der Waals surface area (Å²) in [6.45, 7) is -0.0530. The number of hydrogen-bond acceptors (Lipinski definition) is 3. The normalized spacial score (nSPS) is 16.8. The first-order valence-electron chi connectivity index (χ1n) is 7.14. The molecule has 0 unspecified atom stereocenters. The highest BCUT2D eigenvalue weighted by molar-refractivity contribution is 9.10. The van der Waals surface area contributed by atoms with Crippen LogP contribution >= 0.6 is 15.9 Å². The highest BCUT2D eigenvalue weighted by Crippen LogP contribution is 2.32. The highest BCUT2D eigenvalue weighted by atomic mass is 79.9. The Balaban J connectivity index is 1.99. The minimum Gasteiger partial charge on any atom is -0.483 e. The predicted octanol–water partition coefficient (Wildman–Crippen LogP) is 3.51. The second-order valence-corrected chi connectivity index (χ2v) is 6.23. The van der Waals surface area contributed by atoms with Gasteiger partial charge in [-0.3, -0.25) is 4.79 Å². The van der Waals surface area contributed by atoms with Gasteiger partial charge in [0.1, 0.15) is 11.3 Å². The monoisotopic (exact) mass is 350 g/mol. The Bertz CT molecular complexity index is 547. The zero-order chi connectivity index (χ0) is 15.3. The zero-order valence-electron chi connectivity index (χ0n) is 12.1. The van der Waals surface area contributed by atoms with Crippen LogP contribution < -0.4 is 4.74 Å². The molecule has 0 aromatic heterocycles. The fraction of sp³-hybridized carbons (Fsp3) is 0.500. The molecule has 1 amide bonds. The molecule has 1 aliphatic carbocycles. The van der Waals surface area contributed by atoms with Gasteiger partial charge >= 0.3 is 0 Å². The van der Waals surface area contributed by atoms with Gasteiger partial charge in [-0.05, 0) is 40.9 Å². The number of rotatable bonds is 4. The Labute approximate surface area is 133 Å². The minimum atomic E-state index is -0.660. The van der Waals surface area contributed by atoms with Crippen molar-refractivity contribution >= 4 is 21.8 Å². The van der Waals surface area contributed by atoms with Gasteiger partial charge < -0.3 is 9.64 Å². The first kappa shape index (κ1) is 15.8. The molecule has 1 saturated carbocycles. The van der Waals surface area contributed by atoms with Gasteiger partial charge in [-0.1, -0.05) is 31.4 Å². The van der Waals surface area contributed by atoms with Gasteiger partial charge in [0, 0.05) is 7.05 Å². The first-order chi connectivity index (χ1) is 10.1. The van der Waals surface area contributed by atoms with Gasteiger partial charge in [0.15, 0.2) is 6.61 Å². The molecule has 0 radical (unpaired) electrons. The number of nitriles is 1. The molecule has 0 saturated heterocycles. The van der Waals surface area contributed by atoms with Crippen molar-refractivity contribution in [1.29, 1.82) is 5.26 Å². The molecule has 0 heterocycles. The van der Waals surface area contributed by atoms with Crippen LogP contribution in [0.2, 0.25) is 0 Å². The third-order valence-corrected chi connectivity index (χ3v) is 4.75. The summed E-state index contributed by atoms with van der Waals surface area (Å²) >= 11 is 3.38. The number of ether oxygens (including phenoxy) is 1. The molecule has 0 spiro atoms. The first-order valence-corrected chi connectivity index (χ1v) is 7.93. The van der Waals surface area contributed by atoms with Gasteiger partial charge in [-0.15, -0.1) is 0 Å². The van der Waals surface area contributed by atoms with Gasteiger partial charge in [0.2, 0.25) is 0 Å². The van der Waals surface area contributed by atoms with E-state index in [1.807, 2.05) is 18.2 Å². The average Bonchev–Trinajstić information content (AvgIpc) is 2.53. The van der Waals surface area contributed by atoms with E-state index in [1.165, 1.54) is 0 Å². The Morgan fingerprint density at radius 2 is 2.05 bits per heavy atom. The summed E-state index contributed by atoms with van der Waals surface area (Å²) in [6, 6.07) is 9.75. The Hall–Kier alpha value is -1.54. The van der Waals surface area contributed by atoms with Crippen LogP contribution in [0.3, 0.4) is 0 Å². The van der Waals surface area contributed by atoms with Crippen LogP contribution in [0.15, 0.2) is 28.7 Å². The molecule has 0 atom stereocenters. The number of halogens is 1. The lowest BCUT2D eigenvalue weighted by Crippen LogP contribution is -2.51. The number of para-hydroxylation sites is 1. The van der Waals surface area contributed by atoms with E-state index in [1.54, 1.807) is 18.0 Å². The molecule has 5 heteroatoms. The van der Waals surface area contributed by atoms with E-state index in [4.69, 9.17) is 4.74 Å². The third-order valence-electron chi connectivity index (χ3n) is 4.09. The summed E-state index contributed by atoms with van der Waals surface area (Å²) in [5.74, 6) is 0.475. The second-order valence-electron chi connectivity index (χ2n) is 5.38. The molecule has 1 aromatic carbocycles. The van der Waals surface area contributed by atoms with Gasteiger partial charge in [-0.2, -0.15) is 5.26 Å². The molecule has 2 rings (SSSR count). The zero-order valence-corrected chi connectivity index (χ0v) is 13.7. The lowest BCUT2D eigenvalue weighted by molar-refractivity contribution is -0.137. The van der Waals surface area contributed by atoms with Gasteiger partial charge in [0.25, 0.3) is 5.91 Å². The van der Waals surface area contributed by atoms with Crippen molar-refractivity contribution < 1.29 is 9.53 Å². The molecule has 1 aliphatic rings. The predicted molar refractivity (Wildman–Crippen MR) is 83.8 cm³/mol. The lowest BCUT2D eigenvalue weighted by Gasteiger charge is -2.38. The Kier molecular flexibility index (Phi) is 5.24. The number of carbonyl (C=O) groups excluding carboxylic acids is 1. The maximum absolute atomic E-state index is 12.3. The van der Waals surface area contributed by atoms with Crippen molar-refractivity contribution in [2.24, 2.45) is 0 Å². The van der Waals surface area contributed by atoms with E-state index in [9.17, 15) is 10.1 Å². The quantitative estimate of drug-likeness (QED) is 0.834. The van der Waals surface area contributed by atoms with Gasteiger partial charge in [-0.25, -0.2) is 0 Å². The maximum Gasteiger partial charge on any atom is 0.261 e. The summed E-state index contributed by atoms with van der Waals surface area (Å²) in [6.07, 6.45) is 4.63. The van der Waals surface area contributed by atoms with Crippen LogP contribution in [0, 0.1) is 11.3 Å². The molecule has 21 heavy (non-hydrogen) atoms. The minimum absolute atomic E-state index is 0.0530. The number of nitrogens with zero attached hydrogens (tertiary/aromatic N) is 2. The van der Waals surface area contributed by atoms with E-state index in [0.717, 1.165) is 36.6 Å². The molecule has 4 nitrogen and oxygen atoms in total. The molecule has 112 valence electrons. The summed E-state index contributed by atoms with van der Waals surface area (Å²) in [7, 11) is 1.71. The number of hydrogen-bond donors (Lipinski definition) is 0. The van der Waals surface area contributed by atoms with Crippen molar-refractivity contribution in [2.75, 3.05) is 13.7 Å². The fourth-order valence-electron chi connectivity index (χ4n) is 2.70. The van der Waals surface area contributed by atoms with Crippen LogP contribution in [-0.4, -0.2) is 30.0 Å². The van der Waals surface area contributed by atoms with Crippen LogP contribution in [0.1, 0.15) is 32.1 Å². The average molecular weight is 351 g/mol. The summed E-state index contributed by atoms with van der Waals surface area (Å²) in [5, 5.41) is 9.50. The topological polar surface area (TPSA) is 53.3 Å². The van der Waals surface area contributed by atoms with Crippen molar-refractivity contribution in [1.82, 2.24) is 4.90 Å². The molecule has 1 aromatic rings. The Morgan fingerprint density at radius 3 is 2.67 bits per heavy atom. The number of amides is 1.